The fourth-order valence-corrected chi connectivity index (χ4v) is 3.82. The molecule has 0 spiro atoms. The Morgan fingerprint density at radius 3 is 2.72 bits per heavy atom. The monoisotopic (exact) mass is 404 g/mol. The Balaban J connectivity index is 1.38. The minimum absolute atomic E-state index is 0.181. The summed E-state index contributed by atoms with van der Waals surface area (Å²) >= 11 is 1.37. The standard InChI is InChI=1S/C22H20N4O2S/c1-15-24-18-8-2-3-9-19(18)26(15)12-11-23-21(27)16-6-4-7-17(14-16)25-22(28)20-10-5-13-29-20/h2-10,13-14H,11-12H2,1H3,(H,23,27)(H,25,28). The van der Waals surface area contributed by atoms with Gasteiger partial charge in [0.25, 0.3) is 11.8 Å². The van der Waals surface area contributed by atoms with Crippen LogP contribution in [-0.4, -0.2) is 27.9 Å². The van der Waals surface area contributed by atoms with Gasteiger partial charge in [-0.25, -0.2) is 4.98 Å². The molecule has 29 heavy (non-hydrogen) atoms. The summed E-state index contributed by atoms with van der Waals surface area (Å²) in [5.41, 5.74) is 3.09. The number of para-hydroxylation sites is 2. The van der Waals surface area contributed by atoms with Crippen LogP contribution in [0.3, 0.4) is 0 Å². The van der Waals surface area contributed by atoms with Crippen LogP contribution < -0.4 is 10.6 Å². The van der Waals surface area contributed by atoms with Gasteiger partial charge in [0.05, 0.1) is 15.9 Å². The van der Waals surface area contributed by atoms with E-state index in [-0.39, 0.29) is 11.8 Å². The van der Waals surface area contributed by atoms with Crippen molar-refractivity contribution in [3.63, 3.8) is 0 Å². The van der Waals surface area contributed by atoms with E-state index in [9.17, 15) is 9.59 Å². The lowest BCUT2D eigenvalue weighted by Gasteiger charge is -2.10. The Labute approximate surface area is 172 Å². The first-order valence-corrected chi connectivity index (χ1v) is 10.1. The van der Waals surface area contributed by atoms with Crippen molar-refractivity contribution >= 4 is 39.9 Å². The predicted molar refractivity (Wildman–Crippen MR) is 116 cm³/mol. The number of carbonyl (C=O) groups excluding carboxylic acids is 2. The Morgan fingerprint density at radius 2 is 1.90 bits per heavy atom. The number of imidazole rings is 1. The summed E-state index contributed by atoms with van der Waals surface area (Å²) in [5.74, 6) is 0.554. The van der Waals surface area contributed by atoms with Crippen LogP contribution >= 0.6 is 11.3 Å². The zero-order valence-electron chi connectivity index (χ0n) is 15.9. The molecular weight excluding hydrogens is 384 g/mol. The highest BCUT2D eigenvalue weighted by Gasteiger charge is 2.11. The minimum atomic E-state index is -0.181. The van der Waals surface area contributed by atoms with Crippen molar-refractivity contribution in [1.82, 2.24) is 14.9 Å². The number of thiophene rings is 1. The van der Waals surface area contributed by atoms with E-state index in [0.717, 1.165) is 16.9 Å². The molecule has 0 unspecified atom stereocenters. The van der Waals surface area contributed by atoms with Gasteiger partial charge < -0.3 is 15.2 Å². The molecule has 2 aromatic carbocycles. The van der Waals surface area contributed by atoms with E-state index in [2.05, 4.69) is 20.2 Å². The average Bonchev–Trinajstić information content (AvgIpc) is 3.36. The predicted octanol–water partition coefficient (Wildman–Crippen LogP) is 4.09. The summed E-state index contributed by atoms with van der Waals surface area (Å²) in [6.07, 6.45) is 0. The van der Waals surface area contributed by atoms with E-state index in [1.165, 1.54) is 11.3 Å². The Hall–Kier alpha value is -3.45. The number of amides is 2. The molecule has 0 saturated carbocycles. The van der Waals surface area contributed by atoms with Gasteiger partial charge in [-0.2, -0.15) is 0 Å². The minimum Gasteiger partial charge on any atom is -0.350 e. The molecule has 2 heterocycles. The number of hydrogen-bond acceptors (Lipinski definition) is 4. The van der Waals surface area contributed by atoms with Crippen LogP contribution in [-0.2, 0) is 6.54 Å². The molecule has 4 aromatic rings. The first-order chi connectivity index (χ1) is 14.1. The third-order valence-corrected chi connectivity index (χ3v) is 5.46. The molecule has 0 radical (unpaired) electrons. The third kappa shape index (κ3) is 4.20. The molecular formula is C22H20N4O2S. The fourth-order valence-electron chi connectivity index (χ4n) is 3.20. The second kappa shape index (κ2) is 8.28. The normalized spacial score (nSPS) is 10.8. The molecule has 2 N–H and O–H groups in total. The number of hydrogen-bond donors (Lipinski definition) is 2. The molecule has 6 nitrogen and oxygen atoms in total. The topological polar surface area (TPSA) is 76.0 Å². The van der Waals surface area contributed by atoms with Gasteiger partial charge in [-0.3, -0.25) is 9.59 Å². The van der Waals surface area contributed by atoms with E-state index < -0.39 is 0 Å². The summed E-state index contributed by atoms with van der Waals surface area (Å²) < 4.78 is 2.09. The highest BCUT2D eigenvalue weighted by atomic mass is 32.1. The van der Waals surface area contributed by atoms with Crippen LogP contribution in [0.5, 0.6) is 0 Å². The Bertz CT molecular complexity index is 1160. The maximum atomic E-state index is 12.5. The van der Waals surface area contributed by atoms with Crippen LogP contribution in [0.15, 0.2) is 66.0 Å². The molecule has 0 aliphatic carbocycles. The van der Waals surface area contributed by atoms with Gasteiger partial charge >= 0.3 is 0 Å². The Kier molecular flexibility index (Phi) is 5.39. The number of benzene rings is 2. The van der Waals surface area contributed by atoms with Gasteiger partial charge in [-0.15, -0.1) is 11.3 Å². The number of nitrogens with zero attached hydrogens (tertiary/aromatic N) is 2. The van der Waals surface area contributed by atoms with Crippen LogP contribution in [0.4, 0.5) is 5.69 Å². The van der Waals surface area contributed by atoms with Gasteiger partial charge in [0.15, 0.2) is 0 Å². The van der Waals surface area contributed by atoms with Gasteiger partial charge in [0.2, 0.25) is 0 Å². The average molecular weight is 404 g/mol. The largest absolute Gasteiger partial charge is 0.350 e. The van der Waals surface area contributed by atoms with Gasteiger partial charge in [0, 0.05) is 24.3 Å². The molecule has 146 valence electrons. The van der Waals surface area contributed by atoms with Gasteiger partial charge in [-0.05, 0) is 48.7 Å². The molecule has 4 rings (SSSR count). The van der Waals surface area contributed by atoms with Crippen molar-refractivity contribution in [2.24, 2.45) is 0 Å². The van der Waals surface area contributed by atoms with Crippen LogP contribution in [0.25, 0.3) is 11.0 Å². The number of aryl methyl sites for hydroxylation is 1. The lowest BCUT2D eigenvalue weighted by molar-refractivity contribution is 0.0951. The Morgan fingerprint density at radius 1 is 1.03 bits per heavy atom. The molecule has 0 atom stereocenters. The number of fused-ring (bicyclic) bond motifs is 1. The van der Waals surface area contributed by atoms with E-state index >= 15 is 0 Å². The maximum absolute atomic E-state index is 12.5. The van der Waals surface area contributed by atoms with Crippen molar-refractivity contribution in [2.45, 2.75) is 13.5 Å². The quantitative estimate of drug-likeness (QED) is 0.508. The molecule has 2 amide bonds. The molecule has 2 aromatic heterocycles. The third-order valence-electron chi connectivity index (χ3n) is 4.59. The zero-order valence-corrected chi connectivity index (χ0v) is 16.7. The van der Waals surface area contributed by atoms with E-state index in [1.54, 1.807) is 30.3 Å². The summed E-state index contributed by atoms with van der Waals surface area (Å²) in [5, 5.41) is 7.61. The number of anilines is 1. The van der Waals surface area contributed by atoms with Crippen molar-refractivity contribution in [2.75, 3.05) is 11.9 Å². The SMILES string of the molecule is Cc1nc2ccccc2n1CCNC(=O)c1cccc(NC(=O)c2cccs2)c1. The smallest absolute Gasteiger partial charge is 0.265 e. The number of nitrogens with one attached hydrogen (secondary N) is 2. The summed E-state index contributed by atoms with van der Waals surface area (Å²) in [4.78, 5) is 29.9. The second-order valence-electron chi connectivity index (χ2n) is 6.57. The highest BCUT2D eigenvalue weighted by molar-refractivity contribution is 7.12. The summed E-state index contributed by atoms with van der Waals surface area (Å²) in [7, 11) is 0. The zero-order chi connectivity index (χ0) is 20.2. The molecule has 0 aliphatic rings. The van der Waals surface area contributed by atoms with Crippen molar-refractivity contribution < 1.29 is 9.59 Å². The summed E-state index contributed by atoms with van der Waals surface area (Å²) in [6.45, 7) is 3.07. The van der Waals surface area contributed by atoms with Crippen LogP contribution in [0.2, 0.25) is 0 Å². The van der Waals surface area contributed by atoms with Crippen LogP contribution in [0, 0.1) is 6.92 Å². The van der Waals surface area contributed by atoms with Crippen molar-refractivity contribution in [3.05, 3.63) is 82.3 Å². The van der Waals surface area contributed by atoms with Gasteiger partial charge in [0.1, 0.15) is 5.82 Å². The molecule has 0 saturated heterocycles. The lowest BCUT2D eigenvalue weighted by Crippen LogP contribution is -2.27. The first-order valence-electron chi connectivity index (χ1n) is 9.27. The molecule has 0 bridgehead atoms. The molecule has 0 aliphatic heterocycles. The number of carbonyl (C=O) groups is 2. The molecule has 0 fully saturated rings. The van der Waals surface area contributed by atoms with Crippen LogP contribution in [0.1, 0.15) is 25.9 Å². The van der Waals surface area contributed by atoms with E-state index in [0.29, 0.717) is 29.2 Å². The first kappa shape index (κ1) is 18.9. The van der Waals surface area contributed by atoms with Crippen molar-refractivity contribution in [3.8, 4) is 0 Å². The highest BCUT2D eigenvalue weighted by Crippen LogP contribution is 2.16. The number of aromatic nitrogens is 2. The fraction of sp³-hybridized carbons (Fsp3) is 0.136. The van der Waals surface area contributed by atoms with Crippen molar-refractivity contribution in [1.29, 1.82) is 0 Å². The second-order valence-corrected chi connectivity index (χ2v) is 7.52. The summed E-state index contributed by atoms with van der Waals surface area (Å²) in [6, 6.07) is 18.5. The number of rotatable bonds is 6. The van der Waals surface area contributed by atoms with Gasteiger partial charge in [-0.1, -0.05) is 24.3 Å². The lowest BCUT2D eigenvalue weighted by atomic mass is 10.2. The maximum Gasteiger partial charge on any atom is 0.265 e. The van der Waals surface area contributed by atoms with E-state index in [4.69, 9.17) is 0 Å². The molecule has 7 heteroatoms. The van der Waals surface area contributed by atoms with E-state index in [1.807, 2.05) is 42.6 Å².